The molecule has 0 saturated carbocycles. The second kappa shape index (κ2) is 23.6. The van der Waals surface area contributed by atoms with E-state index < -0.39 is 10.9 Å². The van der Waals surface area contributed by atoms with Crippen LogP contribution < -0.4 is 9.47 Å². The van der Waals surface area contributed by atoms with Gasteiger partial charge in [0.2, 0.25) is 5.75 Å². The van der Waals surface area contributed by atoms with Crippen molar-refractivity contribution < 1.29 is 23.9 Å². The third kappa shape index (κ3) is 16.4. The van der Waals surface area contributed by atoms with Crippen LogP contribution in [-0.4, -0.2) is 31.2 Å². The van der Waals surface area contributed by atoms with Gasteiger partial charge in [-0.1, -0.05) is 129 Å². The van der Waals surface area contributed by atoms with Crippen molar-refractivity contribution in [2.45, 2.75) is 142 Å². The lowest BCUT2D eigenvalue weighted by molar-refractivity contribution is -0.385. The first kappa shape index (κ1) is 34.7. The summed E-state index contributed by atoms with van der Waals surface area (Å²) < 4.78 is 16.6. The van der Waals surface area contributed by atoms with Crippen LogP contribution in [0.4, 0.5) is 5.69 Å². The van der Waals surface area contributed by atoms with Crippen molar-refractivity contribution in [1.29, 1.82) is 0 Å². The summed E-state index contributed by atoms with van der Waals surface area (Å²) >= 11 is 0. The van der Waals surface area contributed by atoms with Crippen LogP contribution in [0.25, 0.3) is 0 Å². The fourth-order valence-electron chi connectivity index (χ4n) is 4.74. The van der Waals surface area contributed by atoms with Crippen LogP contribution in [0.15, 0.2) is 12.1 Å². The van der Waals surface area contributed by atoms with Gasteiger partial charge in [-0.3, -0.25) is 10.1 Å². The number of hydrogen-bond acceptors (Lipinski definition) is 6. The van der Waals surface area contributed by atoms with Crippen molar-refractivity contribution in [2.75, 3.05) is 20.3 Å². The maximum atomic E-state index is 12.3. The monoisotopic (exact) mass is 549 g/mol. The summed E-state index contributed by atoms with van der Waals surface area (Å²) in [6, 6.07) is 2.70. The molecule has 0 spiro atoms. The van der Waals surface area contributed by atoms with Crippen molar-refractivity contribution >= 4 is 11.7 Å². The van der Waals surface area contributed by atoms with Gasteiger partial charge in [-0.15, -0.1) is 0 Å². The van der Waals surface area contributed by atoms with Crippen LogP contribution in [-0.2, 0) is 4.74 Å². The Balaban J connectivity index is 2.49. The number of esters is 1. The van der Waals surface area contributed by atoms with E-state index in [4.69, 9.17) is 14.2 Å². The molecule has 0 atom stereocenters. The van der Waals surface area contributed by atoms with Crippen LogP contribution in [0.5, 0.6) is 11.5 Å². The van der Waals surface area contributed by atoms with Crippen molar-refractivity contribution in [3.63, 3.8) is 0 Å². The Bertz CT molecular complexity index is 782. The summed E-state index contributed by atoms with van der Waals surface area (Å²) in [5.41, 5.74) is -0.184. The Morgan fingerprint density at radius 2 is 1.03 bits per heavy atom. The maximum Gasteiger partial charge on any atom is 0.341 e. The lowest BCUT2D eigenvalue weighted by Crippen LogP contribution is -2.09. The Morgan fingerprint density at radius 1 is 0.641 bits per heavy atom. The van der Waals surface area contributed by atoms with Gasteiger partial charge in [-0.2, -0.15) is 0 Å². The number of unbranched alkanes of at least 4 members (excludes halogenated alkanes) is 18. The average Bonchev–Trinajstić information content (AvgIpc) is 2.94. The molecule has 0 amide bonds. The van der Waals surface area contributed by atoms with E-state index >= 15 is 0 Å². The van der Waals surface area contributed by atoms with Crippen molar-refractivity contribution in [2.24, 2.45) is 0 Å². The highest BCUT2D eigenvalue weighted by Gasteiger charge is 2.24. The number of carbonyl (C=O) groups is 1. The van der Waals surface area contributed by atoms with E-state index in [9.17, 15) is 14.9 Å². The smallest absolute Gasteiger partial charge is 0.341 e. The lowest BCUT2D eigenvalue weighted by atomic mass is 10.1. The second-order valence-electron chi connectivity index (χ2n) is 10.6. The minimum atomic E-state index is -0.655. The zero-order chi connectivity index (χ0) is 28.6. The molecular weight excluding hydrogens is 494 g/mol. The average molecular weight is 550 g/mol. The summed E-state index contributed by atoms with van der Waals surface area (Å²) in [6.45, 7) is 5.31. The summed E-state index contributed by atoms with van der Waals surface area (Å²) in [5, 5.41) is 11.7. The molecule has 1 rings (SSSR count). The Kier molecular flexibility index (Phi) is 21.0. The van der Waals surface area contributed by atoms with Crippen LogP contribution in [0, 0.1) is 10.1 Å². The third-order valence-electron chi connectivity index (χ3n) is 7.17. The van der Waals surface area contributed by atoms with E-state index in [1.807, 2.05) is 0 Å². The van der Waals surface area contributed by atoms with Crippen LogP contribution >= 0.6 is 0 Å². The number of nitro groups is 1. The minimum Gasteiger partial charge on any atom is -0.493 e. The summed E-state index contributed by atoms with van der Waals surface area (Å²) in [7, 11) is 1.26. The number of carbonyl (C=O) groups excluding carboxylic acids is 1. The van der Waals surface area contributed by atoms with Gasteiger partial charge in [0, 0.05) is 12.1 Å². The zero-order valence-electron chi connectivity index (χ0n) is 25.1. The standard InChI is InChI=1S/C32H55NO6/c1-4-6-8-10-12-14-16-18-20-22-24-38-30-27-31(29(33(35)36)26-28(30)32(34)37-3)39-25-23-21-19-17-15-13-11-9-7-5-2/h26-27H,4-25H2,1-3H3. The van der Waals surface area contributed by atoms with Gasteiger partial charge in [0.15, 0.2) is 0 Å². The summed E-state index contributed by atoms with van der Waals surface area (Å²) in [6.07, 6.45) is 24.2. The van der Waals surface area contributed by atoms with Gasteiger partial charge in [0.05, 0.1) is 25.2 Å². The van der Waals surface area contributed by atoms with Crippen molar-refractivity contribution in [1.82, 2.24) is 0 Å². The molecule has 0 radical (unpaired) electrons. The predicted molar refractivity (Wildman–Crippen MR) is 159 cm³/mol. The first-order chi connectivity index (χ1) is 19.0. The van der Waals surface area contributed by atoms with Gasteiger partial charge >= 0.3 is 11.7 Å². The molecule has 0 saturated heterocycles. The van der Waals surface area contributed by atoms with Crippen LogP contribution in [0.1, 0.15) is 153 Å². The molecule has 0 bridgehead atoms. The van der Waals surface area contributed by atoms with E-state index in [0.29, 0.717) is 13.2 Å². The molecule has 0 heterocycles. The minimum absolute atomic E-state index is 0.0579. The first-order valence-corrected chi connectivity index (χ1v) is 15.7. The predicted octanol–water partition coefficient (Wildman–Crippen LogP) is 9.98. The molecule has 1 aromatic rings. The highest BCUT2D eigenvalue weighted by Crippen LogP contribution is 2.35. The Labute approximate surface area is 237 Å². The van der Waals surface area contributed by atoms with Crippen molar-refractivity contribution in [3.05, 3.63) is 27.8 Å². The molecule has 224 valence electrons. The van der Waals surface area contributed by atoms with Gasteiger partial charge < -0.3 is 14.2 Å². The maximum absolute atomic E-state index is 12.3. The molecular formula is C32H55NO6. The second-order valence-corrected chi connectivity index (χ2v) is 10.6. The van der Waals surface area contributed by atoms with E-state index in [0.717, 1.165) is 38.5 Å². The van der Waals surface area contributed by atoms with Crippen LogP contribution in [0.3, 0.4) is 0 Å². The molecule has 1 aromatic carbocycles. The molecule has 0 unspecified atom stereocenters. The van der Waals surface area contributed by atoms with Crippen LogP contribution in [0.2, 0.25) is 0 Å². The zero-order valence-corrected chi connectivity index (χ0v) is 25.1. The number of nitro benzene ring substituents is 1. The first-order valence-electron chi connectivity index (χ1n) is 15.7. The normalized spacial score (nSPS) is 10.9. The topological polar surface area (TPSA) is 87.9 Å². The Hall–Kier alpha value is -2.31. The molecule has 0 aliphatic rings. The fourth-order valence-corrected chi connectivity index (χ4v) is 4.74. The quantitative estimate of drug-likeness (QED) is 0.0494. The van der Waals surface area contributed by atoms with E-state index in [1.54, 1.807) is 0 Å². The molecule has 0 aliphatic carbocycles. The summed E-state index contributed by atoms with van der Waals surface area (Å²) in [4.78, 5) is 23.5. The Morgan fingerprint density at radius 3 is 1.41 bits per heavy atom. The SMILES string of the molecule is CCCCCCCCCCCCOc1cc(OCCCCCCCCCCCC)c([N+](=O)[O-])cc1C(=O)OC. The molecule has 7 nitrogen and oxygen atoms in total. The van der Waals surface area contributed by atoms with Gasteiger partial charge in [0.25, 0.3) is 0 Å². The number of methoxy groups -OCH3 is 1. The highest BCUT2D eigenvalue weighted by molar-refractivity contribution is 5.94. The largest absolute Gasteiger partial charge is 0.493 e. The molecule has 39 heavy (non-hydrogen) atoms. The van der Waals surface area contributed by atoms with Gasteiger partial charge in [-0.05, 0) is 12.8 Å². The van der Waals surface area contributed by atoms with E-state index in [1.165, 1.54) is 109 Å². The number of rotatable bonds is 26. The number of benzene rings is 1. The molecule has 0 fully saturated rings. The highest BCUT2D eigenvalue weighted by atomic mass is 16.6. The molecule has 0 aliphatic heterocycles. The number of ether oxygens (including phenoxy) is 3. The number of hydrogen-bond donors (Lipinski definition) is 0. The fraction of sp³-hybridized carbons (Fsp3) is 0.781. The van der Waals surface area contributed by atoms with E-state index in [2.05, 4.69) is 13.8 Å². The summed E-state index contributed by atoms with van der Waals surface area (Å²) in [5.74, 6) is -0.236. The third-order valence-corrected chi connectivity index (χ3v) is 7.17. The molecule has 7 heteroatoms. The van der Waals surface area contributed by atoms with Gasteiger partial charge in [0.1, 0.15) is 11.3 Å². The van der Waals surface area contributed by atoms with Gasteiger partial charge in [-0.25, -0.2) is 4.79 Å². The molecule has 0 N–H and O–H groups in total. The lowest BCUT2D eigenvalue weighted by Gasteiger charge is -2.13. The number of nitrogens with zero attached hydrogens (tertiary/aromatic N) is 1. The van der Waals surface area contributed by atoms with Crippen molar-refractivity contribution in [3.8, 4) is 11.5 Å². The molecule has 0 aromatic heterocycles. The van der Waals surface area contributed by atoms with E-state index in [-0.39, 0.29) is 22.7 Å².